The Balaban J connectivity index is 1.40. The van der Waals surface area contributed by atoms with Crippen LogP contribution in [0, 0.1) is 0 Å². The van der Waals surface area contributed by atoms with Crippen molar-refractivity contribution in [3.05, 3.63) is 58.9 Å². The zero-order valence-electron chi connectivity index (χ0n) is 13.0. The summed E-state index contributed by atoms with van der Waals surface area (Å²) in [6.45, 7) is 2.92. The fraction of sp³-hybridized carbons (Fsp3) is 0.353. The molecule has 0 radical (unpaired) electrons. The Morgan fingerprint density at radius 3 is 2.87 bits per heavy atom. The molecule has 6 heteroatoms. The zero-order chi connectivity index (χ0) is 15.6. The van der Waals surface area contributed by atoms with Crippen LogP contribution in [-0.2, 0) is 6.54 Å². The second-order valence-corrected chi connectivity index (χ2v) is 7.05. The molecule has 1 aliphatic carbocycles. The average molecular weight is 325 g/mol. The number of nitrogens with one attached hydrogen (secondary N) is 1. The van der Waals surface area contributed by atoms with Gasteiger partial charge in [-0.2, -0.15) is 5.10 Å². The van der Waals surface area contributed by atoms with Crippen LogP contribution in [0.5, 0.6) is 0 Å². The minimum Gasteiger partial charge on any atom is -0.353 e. The van der Waals surface area contributed by atoms with Crippen LogP contribution in [0.3, 0.4) is 0 Å². The van der Waals surface area contributed by atoms with E-state index in [4.69, 9.17) is 0 Å². The molecule has 1 unspecified atom stereocenters. The Morgan fingerprint density at radius 2 is 2.09 bits per heavy atom. The topological polar surface area (TPSA) is 55.6 Å². The maximum absolute atomic E-state index is 4.46. The molecule has 1 N–H and O–H groups in total. The monoisotopic (exact) mass is 325 g/mol. The van der Waals surface area contributed by atoms with Crippen molar-refractivity contribution < 1.29 is 0 Å². The Labute approximate surface area is 139 Å². The molecule has 23 heavy (non-hydrogen) atoms. The highest BCUT2D eigenvalue weighted by Crippen LogP contribution is 2.42. The van der Waals surface area contributed by atoms with Crippen LogP contribution >= 0.6 is 11.3 Å². The molecular formula is C17H19N5S. The molecule has 0 spiro atoms. The van der Waals surface area contributed by atoms with Gasteiger partial charge >= 0.3 is 0 Å². The van der Waals surface area contributed by atoms with E-state index in [1.54, 1.807) is 11.3 Å². The van der Waals surface area contributed by atoms with Crippen LogP contribution in [0.15, 0.2) is 42.7 Å². The van der Waals surface area contributed by atoms with Crippen LogP contribution in [0.1, 0.15) is 47.9 Å². The highest BCUT2D eigenvalue weighted by atomic mass is 32.1. The first kappa shape index (κ1) is 14.4. The molecule has 1 atom stereocenters. The number of hydrogen-bond acceptors (Lipinski definition) is 5. The number of benzene rings is 1. The van der Waals surface area contributed by atoms with Gasteiger partial charge in [-0.05, 0) is 25.3 Å². The summed E-state index contributed by atoms with van der Waals surface area (Å²) in [7, 11) is 0. The molecule has 1 saturated carbocycles. The molecule has 0 aliphatic heterocycles. The minimum atomic E-state index is 0.166. The van der Waals surface area contributed by atoms with Crippen molar-refractivity contribution in [1.82, 2.24) is 20.0 Å². The highest BCUT2D eigenvalue weighted by Gasteiger charge is 2.27. The van der Waals surface area contributed by atoms with Gasteiger partial charge in [0.1, 0.15) is 5.01 Å². The number of aromatic nitrogens is 4. The molecule has 3 aromatic rings. The van der Waals surface area contributed by atoms with Gasteiger partial charge in [0.15, 0.2) is 0 Å². The zero-order valence-corrected chi connectivity index (χ0v) is 13.8. The largest absolute Gasteiger partial charge is 0.353 e. The van der Waals surface area contributed by atoms with Gasteiger partial charge in [-0.3, -0.25) is 4.68 Å². The van der Waals surface area contributed by atoms with E-state index < -0.39 is 0 Å². The summed E-state index contributed by atoms with van der Waals surface area (Å²) in [6.07, 6.45) is 6.53. The minimum absolute atomic E-state index is 0.166. The summed E-state index contributed by atoms with van der Waals surface area (Å²) in [5.41, 5.74) is 2.41. The summed E-state index contributed by atoms with van der Waals surface area (Å²) in [5.74, 6) is 0.659. The number of anilines is 1. The molecule has 118 valence electrons. The molecule has 0 bridgehead atoms. The van der Waals surface area contributed by atoms with Crippen LogP contribution in [-0.4, -0.2) is 20.0 Å². The fourth-order valence-corrected chi connectivity index (χ4v) is 3.52. The summed E-state index contributed by atoms with van der Waals surface area (Å²) in [4.78, 5) is 0. The molecule has 1 aromatic carbocycles. The predicted molar refractivity (Wildman–Crippen MR) is 91.7 cm³/mol. The van der Waals surface area contributed by atoms with Gasteiger partial charge in [0, 0.05) is 17.7 Å². The van der Waals surface area contributed by atoms with Crippen LogP contribution in [0.2, 0.25) is 0 Å². The van der Waals surface area contributed by atoms with Crippen LogP contribution in [0.25, 0.3) is 0 Å². The fourth-order valence-electron chi connectivity index (χ4n) is 2.52. The third-order valence-corrected chi connectivity index (χ3v) is 5.06. The lowest BCUT2D eigenvalue weighted by Crippen LogP contribution is -2.05. The van der Waals surface area contributed by atoms with Crippen molar-refractivity contribution in [2.24, 2.45) is 0 Å². The van der Waals surface area contributed by atoms with E-state index in [2.05, 4.69) is 58.0 Å². The Morgan fingerprint density at radius 1 is 1.26 bits per heavy atom. The molecule has 0 amide bonds. The Bertz CT molecular complexity index is 775. The van der Waals surface area contributed by atoms with E-state index >= 15 is 0 Å². The van der Waals surface area contributed by atoms with Crippen molar-refractivity contribution >= 4 is 16.5 Å². The van der Waals surface area contributed by atoms with E-state index in [1.165, 1.54) is 23.4 Å². The van der Waals surface area contributed by atoms with Crippen LogP contribution in [0.4, 0.5) is 5.13 Å². The van der Waals surface area contributed by atoms with Gasteiger partial charge in [0.25, 0.3) is 0 Å². The molecule has 1 aliphatic rings. The van der Waals surface area contributed by atoms with E-state index in [1.807, 2.05) is 16.9 Å². The maximum Gasteiger partial charge on any atom is 0.206 e. The van der Waals surface area contributed by atoms with Gasteiger partial charge in [0.2, 0.25) is 5.13 Å². The molecule has 2 aromatic heterocycles. The highest BCUT2D eigenvalue weighted by molar-refractivity contribution is 7.15. The van der Waals surface area contributed by atoms with Crippen molar-refractivity contribution in [2.45, 2.75) is 38.3 Å². The van der Waals surface area contributed by atoms with Gasteiger partial charge < -0.3 is 5.32 Å². The summed E-state index contributed by atoms with van der Waals surface area (Å²) >= 11 is 1.68. The lowest BCUT2D eigenvalue weighted by atomic mass is 10.2. The summed E-state index contributed by atoms with van der Waals surface area (Å²) < 4.78 is 1.97. The predicted octanol–water partition coefficient (Wildman–Crippen LogP) is 3.83. The Kier molecular flexibility index (Phi) is 3.83. The lowest BCUT2D eigenvalue weighted by Gasteiger charge is -2.09. The standard InChI is InChI=1S/C17H19N5S/c1-12(19-17-21-20-16(23-17)14-7-8-14)15-9-18-22(11-15)10-13-5-3-2-4-6-13/h2-6,9,11-12,14H,7-8,10H2,1H3,(H,19,21). The molecule has 1 fully saturated rings. The quantitative estimate of drug-likeness (QED) is 0.748. The smallest absolute Gasteiger partial charge is 0.206 e. The van der Waals surface area contributed by atoms with E-state index in [9.17, 15) is 0 Å². The normalized spacial score (nSPS) is 15.5. The number of rotatable bonds is 6. The first-order valence-electron chi connectivity index (χ1n) is 7.94. The maximum atomic E-state index is 4.46. The van der Waals surface area contributed by atoms with Crippen molar-refractivity contribution in [3.8, 4) is 0 Å². The lowest BCUT2D eigenvalue weighted by molar-refractivity contribution is 0.685. The first-order chi connectivity index (χ1) is 11.3. The van der Waals surface area contributed by atoms with Gasteiger partial charge in [-0.15, -0.1) is 10.2 Å². The molecular weight excluding hydrogens is 306 g/mol. The second-order valence-electron chi connectivity index (χ2n) is 6.04. The van der Waals surface area contributed by atoms with Crippen LogP contribution < -0.4 is 5.32 Å². The van der Waals surface area contributed by atoms with E-state index in [0.29, 0.717) is 5.92 Å². The molecule has 4 rings (SSSR count). The molecule has 2 heterocycles. The SMILES string of the molecule is CC(Nc1nnc(C2CC2)s1)c1cnn(Cc2ccccc2)c1. The second kappa shape index (κ2) is 6.12. The first-order valence-corrected chi connectivity index (χ1v) is 8.76. The average Bonchev–Trinajstić information content (AvgIpc) is 3.13. The Hall–Kier alpha value is -2.21. The third kappa shape index (κ3) is 3.42. The number of hydrogen-bond donors (Lipinski definition) is 1. The molecule has 5 nitrogen and oxygen atoms in total. The van der Waals surface area contributed by atoms with Crippen molar-refractivity contribution in [2.75, 3.05) is 5.32 Å². The number of nitrogens with zero attached hydrogens (tertiary/aromatic N) is 4. The van der Waals surface area contributed by atoms with Crippen molar-refractivity contribution in [3.63, 3.8) is 0 Å². The van der Waals surface area contributed by atoms with Gasteiger partial charge in [-0.25, -0.2) is 0 Å². The van der Waals surface area contributed by atoms with Gasteiger partial charge in [-0.1, -0.05) is 41.7 Å². The van der Waals surface area contributed by atoms with Crippen molar-refractivity contribution in [1.29, 1.82) is 0 Å². The summed E-state index contributed by atoms with van der Waals surface area (Å²) in [5, 5.41) is 18.5. The third-order valence-electron chi connectivity index (χ3n) is 4.05. The molecule has 0 saturated heterocycles. The van der Waals surface area contributed by atoms with E-state index in [0.717, 1.165) is 17.2 Å². The summed E-state index contributed by atoms with van der Waals surface area (Å²) in [6, 6.07) is 10.5. The van der Waals surface area contributed by atoms with Gasteiger partial charge in [0.05, 0.1) is 18.8 Å². The van der Waals surface area contributed by atoms with E-state index in [-0.39, 0.29) is 6.04 Å².